The minimum Gasteiger partial charge on any atom is -0.352 e. The summed E-state index contributed by atoms with van der Waals surface area (Å²) in [6.45, 7) is 5.31. The second-order valence-electron chi connectivity index (χ2n) is 6.70. The molecule has 120 valence electrons. The van der Waals surface area contributed by atoms with Crippen molar-refractivity contribution in [3.63, 3.8) is 0 Å². The number of piperidine rings is 1. The second-order valence-corrected chi connectivity index (χ2v) is 7.93. The fourth-order valence-corrected chi connectivity index (χ4v) is 4.86. The Morgan fingerprint density at radius 3 is 2.33 bits per heavy atom. The summed E-state index contributed by atoms with van der Waals surface area (Å²) < 4.78 is 0. The Hall–Kier alpha value is -0.260. The third-order valence-electron chi connectivity index (χ3n) is 5.21. The van der Waals surface area contributed by atoms with Crippen LogP contribution < -0.4 is 5.32 Å². The molecule has 0 aromatic carbocycles. The Balaban J connectivity index is 1.35. The van der Waals surface area contributed by atoms with E-state index in [1.165, 1.54) is 63.1 Å². The van der Waals surface area contributed by atoms with Crippen LogP contribution in [0.4, 0.5) is 0 Å². The molecule has 3 aliphatic rings. The quantitative estimate of drug-likeness (QED) is 0.855. The normalized spacial score (nSPS) is 27.0. The molecule has 21 heavy (non-hydrogen) atoms. The number of amides is 1. The number of carbonyl (C=O) groups is 1. The lowest BCUT2D eigenvalue weighted by molar-refractivity contribution is -0.123. The van der Waals surface area contributed by atoms with Gasteiger partial charge in [0, 0.05) is 49.8 Å². The van der Waals surface area contributed by atoms with Crippen molar-refractivity contribution in [2.24, 2.45) is 0 Å². The molecule has 1 amide bonds. The molecule has 0 atom stereocenters. The van der Waals surface area contributed by atoms with E-state index in [0.29, 0.717) is 12.6 Å². The van der Waals surface area contributed by atoms with Gasteiger partial charge in [-0.1, -0.05) is 12.8 Å². The summed E-state index contributed by atoms with van der Waals surface area (Å²) in [6.07, 6.45) is 7.40. The zero-order chi connectivity index (χ0) is 14.5. The van der Waals surface area contributed by atoms with Gasteiger partial charge >= 0.3 is 0 Å². The molecule has 1 aliphatic carbocycles. The molecule has 2 aliphatic heterocycles. The molecular weight excluding hydrogens is 282 g/mol. The Morgan fingerprint density at radius 2 is 1.67 bits per heavy atom. The lowest BCUT2D eigenvalue weighted by Crippen LogP contribution is -2.50. The van der Waals surface area contributed by atoms with Crippen LogP contribution in [-0.4, -0.2) is 72.0 Å². The summed E-state index contributed by atoms with van der Waals surface area (Å²) in [5.74, 6) is 2.84. The van der Waals surface area contributed by atoms with E-state index in [1.54, 1.807) is 0 Å². The van der Waals surface area contributed by atoms with Gasteiger partial charge in [-0.3, -0.25) is 14.6 Å². The summed E-state index contributed by atoms with van der Waals surface area (Å²) in [4.78, 5) is 17.1. The number of hydrogen-bond donors (Lipinski definition) is 1. The Kier molecular flexibility index (Phi) is 5.83. The molecule has 3 rings (SSSR count). The van der Waals surface area contributed by atoms with Crippen LogP contribution in [0.3, 0.4) is 0 Å². The van der Waals surface area contributed by atoms with Gasteiger partial charge in [0.1, 0.15) is 0 Å². The number of nitrogens with one attached hydrogen (secondary N) is 1. The first-order valence-corrected chi connectivity index (χ1v) is 9.80. The van der Waals surface area contributed by atoms with Crippen LogP contribution in [0.25, 0.3) is 0 Å². The van der Waals surface area contributed by atoms with Crippen LogP contribution in [0.15, 0.2) is 0 Å². The third-order valence-corrected chi connectivity index (χ3v) is 6.15. The molecule has 5 heteroatoms. The number of nitrogens with zero attached hydrogens (tertiary/aromatic N) is 2. The van der Waals surface area contributed by atoms with Gasteiger partial charge in [0.15, 0.2) is 0 Å². The molecule has 2 saturated heterocycles. The molecule has 0 bridgehead atoms. The van der Waals surface area contributed by atoms with Crippen LogP contribution in [0.5, 0.6) is 0 Å². The van der Waals surface area contributed by atoms with Crippen molar-refractivity contribution >= 4 is 17.7 Å². The Bertz CT molecular complexity index is 332. The highest BCUT2D eigenvalue weighted by molar-refractivity contribution is 7.99. The average molecular weight is 311 g/mol. The number of rotatable bonds is 4. The van der Waals surface area contributed by atoms with E-state index in [0.717, 1.165) is 19.1 Å². The highest BCUT2D eigenvalue weighted by atomic mass is 32.2. The van der Waals surface area contributed by atoms with E-state index in [-0.39, 0.29) is 5.91 Å². The van der Waals surface area contributed by atoms with Crippen molar-refractivity contribution in [1.82, 2.24) is 15.1 Å². The van der Waals surface area contributed by atoms with E-state index >= 15 is 0 Å². The van der Waals surface area contributed by atoms with Crippen molar-refractivity contribution in [3.05, 3.63) is 0 Å². The maximum atomic E-state index is 12.1. The van der Waals surface area contributed by atoms with Gasteiger partial charge < -0.3 is 5.32 Å². The first-order valence-electron chi connectivity index (χ1n) is 8.65. The van der Waals surface area contributed by atoms with Gasteiger partial charge in [0.2, 0.25) is 5.91 Å². The summed E-state index contributed by atoms with van der Waals surface area (Å²) >= 11 is 2.08. The molecule has 0 aromatic rings. The summed E-state index contributed by atoms with van der Waals surface area (Å²) in [7, 11) is 0. The maximum Gasteiger partial charge on any atom is 0.234 e. The first-order chi connectivity index (χ1) is 10.3. The summed E-state index contributed by atoms with van der Waals surface area (Å²) in [5, 5.41) is 3.21. The predicted molar refractivity (Wildman–Crippen MR) is 88.8 cm³/mol. The highest BCUT2D eigenvalue weighted by Crippen LogP contribution is 2.21. The molecule has 4 nitrogen and oxygen atoms in total. The van der Waals surface area contributed by atoms with E-state index in [9.17, 15) is 4.79 Å². The van der Waals surface area contributed by atoms with E-state index in [2.05, 4.69) is 26.9 Å². The first kappa shape index (κ1) is 15.6. The van der Waals surface area contributed by atoms with Gasteiger partial charge in [0.05, 0.1) is 6.54 Å². The molecule has 0 aromatic heterocycles. The largest absolute Gasteiger partial charge is 0.352 e. The zero-order valence-electron chi connectivity index (χ0n) is 13.1. The number of hydrogen-bond acceptors (Lipinski definition) is 4. The molecule has 2 heterocycles. The SMILES string of the molecule is O=C(CN1CCC(N2CCSCC2)CC1)NC1CCCC1. The minimum atomic E-state index is 0.245. The van der Waals surface area contributed by atoms with Crippen LogP contribution >= 0.6 is 11.8 Å². The zero-order valence-corrected chi connectivity index (χ0v) is 13.9. The van der Waals surface area contributed by atoms with Crippen LogP contribution in [0.1, 0.15) is 38.5 Å². The fraction of sp³-hybridized carbons (Fsp3) is 0.938. The maximum absolute atomic E-state index is 12.1. The molecule has 1 saturated carbocycles. The van der Waals surface area contributed by atoms with Crippen molar-refractivity contribution in [1.29, 1.82) is 0 Å². The van der Waals surface area contributed by atoms with Gasteiger partial charge in [0.25, 0.3) is 0 Å². The highest BCUT2D eigenvalue weighted by Gasteiger charge is 2.27. The van der Waals surface area contributed by atoms with Gasteiger partial charge in [-0.05, 0) is 25.7 Å². The van der Waals surface area contributed by atoms with Crippen LogP contribution in [0, 0.1) is 0 Å². The molecule has 1 N–H and O–H groups in total. The molecule has 0 spiro atoms. The predicted octanol–water partition coefficient (Wildman–Crippen LogP) is 1.56. The summed E-state index contributed by atoms with van der Waals surface area (Å²) in [6, 6.07) is 1.22. The van der Waals surface area contributed by atoms with Gasteiger partial charge in [-0.2, -0.15) is 11.8 Å². The van der Waals surface area contributed by atoms with E-state index in [4.69, 9.17) is 0 Å². The van der Waals surface area contributed by atoms with Gasteiger partial charge in [-0.25, -0.2) is 0 Å². The van der Waals surface area contributed by atoms with Crippen molar-refractivity contribution < 1.29 is 4.79 Å². The van der Waals surface area contributed by atoms with Crippen molar-refractivity contribution in [2.75, 3.05) is 44.2 Å². The number of likely N-dealkylation sites (tertiary alicyclic amines) is 1. The lowest BCUT2D eigenvalue weighted by Gasteiger charge is -2.39. The number of thioether (sulfide) groups is 1. The molecule has 3 fully saturated rings. The number of carbonyl (C=O) groups excluding carboxylic acids is 1. The summed E-state index contributed by atoms with van der Waals surface area (Å²) in [5.41, 5.74) is 0. The molecule has 0 unspecified atom stereocenters. The average Bonchev–Trinajstić information content (AvgIpc) is 3.02. The molecular formula is C16H29N3OS. The second kappa shape index (κ2) is 7.84. The standard InChI is InChI=1S/C16H29N3OS/c20-16(17-14-3-1-2-4-14)13-18-7-5-15(6-8-18)19-9-11-21-12-10-19/h14-15H,1-13H2,(H,17,20). The topological polar surface area (TPSA) is 35.6 Å². The lowest BCUT2D eigenvalue weighted by atomic mass is 10.0. The fourth-order valence-electron chi connectivity index (χ4n) is 3.93. The Morgan fingerprint density at radius 1 is 1.00 bits per heavy atom. The minimum absolute atomic E-state index is 0.245. The van der Waals surface area contributed by atoms with E-state index in [1.807, 2.05) is 0 Å². The smallest absolute Gasteiger partial charge is 0.234 e. The van der Waals surface area contributed by atoms with E-state index < -0.39 is 0 Å². The monoisotopic (exact) mass is 311 g/mol. The van der Waals surface area contributed by atoms with Crippen LogP contribution in [-0.2, 0) is 4.79 Å². The van der Waals surface area contributed by atoms with Crippen molar-refractivity contribution in [3.8, 4) is 0 Å². The van der Waals surface area contributed by atoms with Crippen molar-refractivity contribution in [2.45, 2.75) is 50.6 Å². The third kappa shape index (κ3) is 4.60. The molecule has 0 radical (unpaired) electrons. The van der Waals surface area contributed by atoms with Gasteiger partial charge in [-0.15, -0.1) is 0 Å². The Labute approximate surface area is 133 Å². The van der Waals surface area contributed by atoms with Crippen LogP contribution in [0.2, 0.25) is 0 Å².